The van der Waals surface area contributed by atoms with E-state index in [4.69, 9.17) is 4.74 Å². The lowest BCUT2D eigenvalue weighted by atomic mass is 10.1. The molecular weight excluding hydrogens is 407 g/mol. The Kier molecular flexibility index (Phi) is 6.01. The van der Waals surface area contributed by atoms with Gasteiger partial charge in [-0.1, -0.05) is 0 Å². The number of carboxylic acid groups (broad SMARTS) is 1. The van der Waals surface area contributed by atoms with Gasteiger partial charge in [0.2, 0.25) is 5.95 Å². The monoisotopic (exact) mass is 429 g/mol. The van der Waals surface area contributed by atoms with Crippen LogP contribution < -0.4 is 10.2 Å². The number of nitrogens with zero attached hydrogens (tertiary/aromatic N) is 5. The van der Waals surface area contributed by atoms with Crippen LogP contribution in [0.15, 0.2) is 18.3 Å². The maximum atomic E-state index is 13.2. The summed E-state index contributed by atoms with van der Waals surface area (Å²) in [5, 5.41) is 19.1. The number of carbonyl (C=O) groups is 1. The second kappa shape index (κ2) is 8.34. The Labute approximate surface area is 170 Å². The minimum Gasteiger partial charge on any atom is -0.465 e. The zero-order valence-corrected chi connectivity index (χ0v) is 16.5. The number of halogens is 3. The number of amides is 1. The molecule has 0 aromatic carbocycles. The molecule has 2 aromatic rings. The molecule has 0 bridgehead atoms. The van der Waals surface area contributed by atoms with E-state index in [1.165, 1.54) is 7.11 Å². The first-order chi connectivity index (χ1) is 14.1. The lowest BCUT2D eigenvalue weighted by molar-refractivity contribution is -0.181. The molecule has 0 radical (unpaired) electrons. The van der Waals surface area contributed by atoms with Crippen LogP contribution in [0.3, 0.4) is 0 Å². The molecule has 3 atom stereocenters. The summed E-state index contributed by atoms with van der Waals surface area (Å²) < 4.78 is 45.1. The van der Waals surface area contributed by atoms with Crippen molar-refractivity contribution in [2.24, 2.45) is 0 Å². The molecule has 0 spiro atoms. The van der Waals surface area contributed by atoms with Gasteiger partial charge in [0.1, 0.15) is 17.7 Å². The highest BCUT2D eigenvalue weighted by molar-refractivity contribution is 5.66. The van der Waals surface area contributed by atoms with Gasteiger partial charge in [-0.3, -0.25) is 10.00 Å². The third-order valence-electron chi connectivity index (χ3n) is 4.90. The number of alkyl halides is 3. The average Bonchev–Trinajstić information content (AvgIpc) is 3.30. The Morgan fingerprint density at radius 2 is 2.17 bits per heavy atom. The normalized spacial score (nSPS) is 20.3. The van der Waals surface area contributed by atoms with Crippen molar-refractivity contribution in [1.82, 2.24) is 25.1 Å². The van der Waals surface area contributed by atoms with Crippen molar-refractivity contribution in [2.45, 2.75) is 38.2 Å². The number of aromatic amines is 1. The van der Waals surface area contributed by atoms with E-state index < -0.39 is 30.5 Å². The first-order valence-electron chi connectivity index (χ1n) is 9.08. The molecule has 1 aliphatic rings. The molecule has 30 heavy (non-hydrogen) atoms. The third-order valence-corrected chi connectivity index (χ3v) is 4.90. The van der Waals surface area contributed by atoms with Gasteiger partial charge in [-0.25, -0.2) is 9.78 Å². The smallest absolute Gasteiger partial charge is 0.408 e. The van der Waals surface area contributed by atoms with E-state index in [1.807, 2.05) is 0 Å². The van der Waals surface area contributed by atoms with Gasteiger partial charge in [0.25, 0.3) is 0 Å². The number of nitrogens with one attached hydrogen (secondary N) is 2. The Bertz CT molecular complexity index is 878. The number of hydrogen-bond acceptors (Lipinski definition) is 7. The van der Waals surface area contributed by atoms with E-state index >= 15 is 0 Å². The first-order valence-corrected chi connectivity index (χ1v) is 9.08. The van der Waals surface area contributed by atoms with Crippen LogP contribution in [0.4, 0.5) is 35.5 Å². The van der Waals surface area contributed by atoms with Crippen molar-refractivity contribution in [3.63, 3.8) is 0 Å². The van der Waals surface area contributed by atoms with Crippen molar-refractivity contribution in [2.75, 3.05) is 30.4 Å². The van der Waals surface area contributed by atoms with Gasteiger partial charge >= 0.3 is 12.3 Å². The summed E-state index contributed by atoms with van der Waals surface area (Å²) in [4.78, 5) is 22.4. The number of aromatic nitrogens is 4. The first kappa shape index (κ1) is 21.6. The van der Waals surface area contributed by atoms with E-state index in [1.54, 1.807) is 30.2 Å². The van der Waals surface area contributed by atoms with Gasteiger partial charge in [0.15, 0.2) is 0 Å². The molecule has 2 aromatic heterocycles. The van der Waals surface area contributed by atoms with Crippen molar-refractivity contribution in [1.29, 1.82) is 0 Å². The molecule has 3 heterocycles. The lowest BCUT2D eigenvalue weighted by Gasteiger charge is -2.35. The zero-order chi connectivity index (χ0) is 22.1. The molecule has 3 rings (SSSR count). The van der Waals surface area contributed by atoms with Gasteiger partial charge in [-0.2, -0.15) is 23.3 Å². The Morgan fingerprint density at radius 3 is 2.73 bits per heavy atom. The van der Waals surface area contributed by atoms with Gasteiger partial charge < -0.3 is 20.1 Å². The number of anilines is 3. The predicted molar refractivity (Wildman–Crippen MR) is 101 cm³/mol. The fourth-order valence-electron chi connectivity index (χ4n) is 3.39. The molecule has 1 fully saturated rings. The van der Waals surface area contributed by atoms with Crippen LogP contribution in [0.2, 0.25) is 0 Å². The highest BCUT2D eigenvalue weighted by atomic mass is 19.4. The van der Waals surface area contributed by atoms with Crippen LogP contribution in [-0.2, 0) is 4.74 Å². The van der Waals surface area contributed by atoms with E-state index in [0.717, 1.165) is 6.92 Å². The van der Waals surface area contributed by atoms with Gasteiger partial charge in [0.05, 0.1) is 18.3 Å². The summed E-state index contributed by atoms with van der Waals surface area (Å²) in [7, 11) is 1.34. The summed E-state index contributed by atoms with van der Waals surface area (Å²) in [6.07, 6.45) is -5.58. The maximum Gasteiger partial charge on any atom is 0.408 e. The van der Waals surface area contributed by atoms with E-state index in [2.05, 4.69) is 25.5 Å². The summed E-state index contributed by atoms with van der Waals surface area (Å²) in [5.41, 5.74) is 0.623. The van der Waals surface area contributed by atoms with E-state index in [0.29, 0.717) is 22.2 Å². The van der Waals surface area contributed by atoms with Crippen molar-refractivity contribution in [3.05, 3.63) is 24.0 Å². The third kappa shape index (κ3) is 4.56. The van der Waals surface area contributed by atoms with Crippen LogP contribution >= 0.6 is 0 Å². The Hall–Kier alpha value is -3.09. The molecule has 0 aliphatic carbocycles. The SMILES string of the molecule is CO[C@H]1CN(c2nc(C)cc(Nc3ccn[nH]3)n2)C[C@H]1N(C(=O)O)[C@@H](C)C(F)(F)F. The molecule has 13 heteroatoms. The molecule has 1 amide bonds. The fourth-order valence-corrected chi connectivity index (χ4v) is 3.39. The quantitative estimate of drug-likeness (QED) is 0.640. The summed E-state index contributed by atoms with van der Waals surface area (Å²) >= 11 is 0. The number of aryl methyl sites for hydroxylation is 1. The van der Waals surface area contributed by atoms with Crippen LogP contribution in [-0.4, -0.2) is 80.8 Å². The summed E-state index contributed by atoms with van der Waals surface area (Å²) in [6.45, 7) is 2.67. The molecule has 10 nitrogen and oxygen atoms in total. The van der Waals surface area contributed by atoms with E-state index in [-0.39, 0.29) is 19.0 Å². The molecule has 3 N–H and O–H groups in total. The molecule has 0 saturated carbocycles. The van der Waals surface area contributed by atoms with Crippen LogP contribution in [0.5, 0.6) is 0 Å². The van der Waals surface area contributed by atoms with Crippen molar-refractivity contribution >= 4 is 23.7 Å². The predicted octanol–water partition coefficient (Wildman–Crippen LogP) is 2.39. The van der Waals surface area contributed by atoms with Crippen LogP contribution in [0, 0.1) is 6.92 Å². The fraction of sp³-hybridized carbons (Fsp3) is 0.529. The lowest BCUT2D eigenvalue weighted by Crippen LogP contribution is -2.55. The maximum absolute atomic E-state index is 13.2. The minimum atomic E-state index is -4.70. The molecule has 1 saturated heterocycles. The molecule has 1 aliphatic heterocycles. The minimum absolute atomic E-state index is 0.0435. The number of rotatable bonds is 6. The second-order valence-corrected chi connectivity index (χ2v) is 6.94. The van der Waals surface area contributed by atoms with Crippen molar-refractivity contribution in [3.8, 4) is 0 Å². The largest absolute Gasteiger partial charge is 0.465 e. The summed E-state index contributed by atoms with van der Waals surface area (Å²) in [5.74, 6) is 1.31. The molecular formula is C17H22F3N7O3. The standard InChI is InChI=1S/C17H22F3N7O3/c1-9-6-14(23-13-4-5-21-25-13)24-15(22-9)26-7-11(12(8-26)30-3)27(16(28)29)10(2)17(18,19)20/h4-6,10-12H,7-8H2,1-3H3,(H,28,29)(H2,21,22,23,24,25)/t10-,11+,12-/m0/s1. The number of methoxy groups -OCH3 is 1. The number of hydrogen-bond donors (Lipinski definition) is 3. The Balaban J connectivity index is 1.86. The van der Waals surface area contributed by atoms with Crippen LogP contribution in [0.1, 0.15) is 12.6 Å². The highest BCUT2D eigenvalue weighted by Crippen LogP contribution is 2.31. The summed E-state index contributed by atoms with van der Waals surface area (Å²) in [6, 6.07) is 0.166. The topological polar surface area (TPSA) is 119 Å². The second-order valence-electron chi connectivity index (χ2n) is 6.94. The average molecular weight is 429 g/mol. The van der Waals surface area contributed by atoms with Crippen LogP contribution in [0.25, 0.3) is 0 Å². The molecule has 0 unspecified atom stereocenters. The number of H-pyrrole nitrogens is 1. The highest BCUT2D eigenvalue weighted by Gasteiger charge is 2.49. The zero-order valence-electron chi connectivity index (χ0n) is 16.5. The van der Waals surface area contributed by atoms with Gasteiger partial charge in [-0.15, -0.1) is 0 Å². The Morgan fingerprint density at radius 1 is 1.43 bits per heavy atom. The molecule has 164 valence electrons. The van der Waals surface area contributed by atoms with Gasteiger partial charge in [-0.05, 0) is 13.8 Å². The number of ether oxygens (including phenoxy) is 1. The van der Waals surface area contributed by atoms with E-state index in [9.17, 15) is 23.1 Å². The van der Waals surface area contributed by atoms with Crippen molar-refractivity contribution < 1.29 is 27.8 Å². The van der Waals surface area contributed by atoms with Gasteiger partial charge in [0, 0.05) is 38.0 Å².